The van der Waals surface area contributed by atoms with Gasteiger partial charge in [0.05, 0.1) is 11.8 Å². The van der Waals surface area contributed by atoms with Crippen molar-refractivity contribution in [2.24, 2.45) is 23.7 Å². The molecule has 0 spiro atoms. The lowest BCUT2D eigenvalue weighted by atomic mass is 9.95. The summed E-state index contributed by atoms with van der Waals surface area (Å²) in [5.41, 5.74) is 0. The lowest BCUT2D eigenvalue weighted by Crippen LogP contribution is -2.36. The molecule has 2 saturated carbocycles. The fourth-order valence-electron chi connectivity index (χ4n) is 2.74. The van der Waals surface area contributed by atoms with Crippen molar-refractivity contribution in [3.63, 3.8) is 0 Å². The van der Waals surface area contributed by atoms with Gasteiger partial charge in [0.1, 0.15) is 0 Å². The van der Waals surface area contributed by atoms with Gasteiger partial charge in [-0.25, -0.2) is 0 Å². The van der Waals surface area contributed by atoms with Crippen molar-refractivity contribution in [1.29, 1.82) is 0 Å². The molecule has 0 heterocycles. The van der Waals surface area contributed by atoms with Gasteiger partial charge < -0.3 is 10.4 Å². The van der Waals surface area contributed by atoms with E-state index >= 15 is 0 Å². The average molecular weight is 239 g/mol. The van der Waals surface area contributed by atoms with Gasteiger partial charge in [0.25, 0.3) is 0 Å². The molecule has 2 aliphatic carbocycles. The second-order valence-corrected chi connectivity index (χ2v) is 5.49. The van der Waals surface area contributed by atoms with Crippen molar-refractivity contribution >= 4 is 11.9 Å². The van der Waals surface area contributed by atoms with Crippen molar-refractivity contribution < 1.29 is 14.7 Å². The van der Waals surface area contributed by atoms with E-state index in [1.165, 1.54) is 12.8 Å². The van der Waals surface area contributed by atoms with Gasteiger partial charge in [-0.3, -0.25) is 9.59 Å². The van der Waals surface area contributed by atoms with Crippen molar-refractivity contribution in [2.75, 3.05) is 6.54 Å². The molecule has 0 aromatic rings. The molecule has 2 N–H and O–H groups in total. The molecule has 0 saturated heterocycles. The summed E-state index contributed by atoms with van der Waals surface area (Å²) in [6.45, 7) is 2.80. The van der Waals surface area contributed by atoms with E-state index in [0.29, 0.717) is 18.3 Å². The van der Waals surface area contributed by atoms with Crippen LogP contribution >= 0.6 is 0 Å². The molecule has 2 fully saturated rings. The zero-order valence-corrected chi connectivity index (χ0v) is 10.3. The van der Waals surface area contributed by atoms with Crippen molar-refractivity contribution in [3.05, 3.63) is 0 Å². The monoisotopic (exact) mass is 239 g/mol. The van der Waals surface area contributed by atoms with E-state index in [9.17, 15) is 9.59 Å². The van der Waals surface area contributed by atoms with E-state index in [0.717, 1.165) is 19.4 Å². The first kappa shape index (κ1) is 12.4. The second-order valence-electron chi connectivity index (χ2n) is 5.49. The Morgan fingerprint density at radius 1 is 1.18 bits per heavy atom. The van der Waals surface area contributed by atoms with E-state index in [2.05, 4.69) is 12.2 Å². The van der Waals surface area contributed by atoms with Gasteiger partial charge in [0.15, 0.2) is 0 Å². The number of nitrogens with one attached hydrogen (secondary N) is 1. The zero-order chi connectivity index (χ0) is 12.4. The molecule has 4 nitrogen and oxygen atoms in total. The van der Waals surface area contributed by atoms with E-state index in [-0.39, 0.29) is 11.8 Å². The topological polar surface area (TPSA) is 66.4 Å². The highest BCUT2D eigenvalue weighted by molar-refractivity contribution is 5.85. The lowest BCUT2D eigenvalue weighted by Gasteiger charge is -2.15. The largest absolute Gasteiger partial charge is 0.481 e. The third kappa shape index (κ3) is 2.99. The Hall–Kier alpha value is -1.06. The van der Waals surface area contributed by atoms with Gasteiger partial charge in [-0.05, 0) is 37.5 Å². The first-order valence-corrected chi connectivity index (χ1v) is 6.62. The highest BCUT2D eigenvalue weighted by atomic mass is 16.4. The number of carbonyl (C=O) groups is 2. The summed E-state index contributed by atoms with van der Waals surface area (Å²) in [7, 11) is 0. The van der Waals surface area contributed by atoms with Crippen LogP contribution < -0.4 is 5.32 Å². The van der Waals surface area contributed by atoms with Gasteiger partial charge in [0, 0.05) is 6.54 Å². The zero-order valence-electron chi connectivity index (χ0n) is 10.3. The smallest absolute Gasteiger partial charge is 0.307 e. The van der Waals surface area contributed by atoms with Crippen LogP contribution in [0.3, 0.4) is 0 Å². The fraction of sp³-hybridized carbons (Fsp3) is 0.846. The highest BCUT2D eigenvalue weighted by Crippen LogP contribution is 2.38. The molecule has 1 amide bonds. The standard InChI is InChI=1S/C13H21NO3/c1-2-8-5-10(11(6-8)13(16)17)12(15)14-7-9-3-4-9/h8-11H,2-7H2,1H3,(H,14,15)(H,16,17)/t8?,10-,11+/m0/s1. The van der Waals surface area contributed by atoms with Crippen LogP contribution in [0.25, 0.3) is 0 Å². The molecule has 4 heteroatoms. The Kier molecular flexibility index (Phi) is 3.69. The third-order valence-corrected chi connectivity index (χ3v) is 4.15. The minimum Gasteiger partial charge on any atom is -0.481 e. The van der Waals surface area contributed by atoms with Crippen LogP contribution in [0.1, 0.15) is 39.0 Å². The van der Waals surface area contributed by atoms with Crippen LogP contribution in [0, 0.1) is 23.7 Å². The van der Waals surface area contributed by atoms with Gasteiger partial charge in [-0.15, -0.1) is 0 Å². The van der Waals surface area contributed by atoms with Crippen LogP contribution in [0.5, 0.6) is 0 Å². The number of carboxylic acid groups (broad SMARTS) is 1. The quantitative estimate of drug-likeness (QED) is 0.766. The number of hydrogen-bond acceptors (Lipinski definition) is 2. The molecule has 96 valence electrons. The van der Waals surface area contributed by atoms with Crippen LogP contribution in [0.15, 0.2) is 0 Å². The van der Waals surface area contributed by atoms with Crippen molar-refractivity contribution in [3.8, 4) is 0 Å². The summed E-state index contributed by atoms with van der Waals surface area (Å²) in [6.07, 6.45) is 4.77. The molecular formula is C13H21NO3. The molecular weight excluding hydrogens is 218 g/mol. The Morgan fingerprint density at radius 3 is 2.35 bits per heavy atom. The molecule has 0 aromatic heterocycles. The maximum absolute atomic E-state index is 12.0. The van der Waals surface area contributed by atoms with Crippen molar-refractivity contribution in [2.45, 2.75) is 39.0 Å². The molecule has 17 heavy (non-hydrogen) atoms. The Morgan fingerprint density at radius 2 is 1.82 bits per heavy atom. The van der Waals surface area contributed by atoms with Gasteiger partial charge >= 0.3 is 5.97 Å². The summed E-state index contributed by atoms with van der Waals surface area (Å²) in [5.74, 6) is -0.596. The average Bonchev–Trinajstić information content (AvgIpc) is 3.02. The highest BCUT2D eigenvalue weighted by Gasteiger charge is 2.42. The summed E-state index contributed by atoms with van der Waals surface area (Å²) in [6, 6.07) is 0. The Balaban J connectivity index is 1.90. The van der Waals surface area contributed by atoms with E-state index in [1.807, 2.05) is 0 Å². The first-order chi connectivity index (χ1) is 8.11. The number of rotatable bonds is 5. The SMILES string of the molecule is CCC1C[C@H](C(=O)NCC2CC2)[C@H](C(=O)O)C1. The summed E-state index contributed by atoms with van der Waals surface area (Å²) < 4.78 is 0. The van der Waals surface area contributed by atoms with Crippen molar-refractivity contribution in [1.82, 2.24) is 5.32 Å². The van der Waals surface area contributed by atoms with E-state index in [1.54, 1.807) is 0 Å². The normalized spacial score (nSPS) is 32.4. The number of carboxylic acids is 1. The Labute approximate surface area is 102 Å². The molecule has 2 rings (SSSR count). The predicted octanol–water partition coefficient (Wildman–Crippen LogP) is 1.65. The number of carbonyl (C=O) groups excluding carboxylic acids is 1. The summed E-state index contributed by atoms with van der Waals surface area (Å²) >= 11 is 0. The van der Waals surface area contributed by atoms with Crippen LogP contribution in [-0.2, 0) is 9.59 Å². The summed E-state index contributed by atoms with van der Waals surface area (Å²) in [5, 5.41) is 12.1. The fourth-order valence-corrected chi connectivity index (χ4v) is 2.74. The maximum atomic E-state index is 12.0. The van der Waals surface area contributed by atoms with Gasteiger partial charge in [0.2, 0.25) is 5.91 Å². The second kappa shape index (κ2) is 5.07. The van der Waals surface area contributed by atoms with Gasteiger partial charge in [-0.2, -0.15) is 0 Å². The molecule has 0 aromatic carbocycles. The number of hydrogen-bond donors (Lipinski definition) is 2. The van der Waals surface area contributed by atoms with E-state index < -0.39 is 11.9 Å². The Bertz CT molecular complexity index is 312. The van der Waals surface area contributed by atoms with Crippen LogP contribution in [0.4, 0.5) is 0 Å². The molecule has 0 bridgehead atoms. The van der Waals surface area contributed by atoms with Gasteiger partial charge in [-0.1, -0.05) is 13.3 Å². The number of amides is 1. The molecule has 0 aliphatic heterocycles. The predicted molar refractivity (Wildman–Crippen MR) is 63.4 cm³/mol. The minimum absolute atomic E-state index is 0.0414. The minimum atomic E-state index is -0.812. The van der Waals surface area contributed by atoms with E-state index in [4.69, 9.17) is 5.11 Å². The maximum Gasteiger partial charge on any atom is 0.307 e. The molecule has 3 atom stereocenters. The lowest BCUT2D eigenvalue weighted by molar-refractivity contribution is -0.146. The molecule has 1 unspecified atom stereocenters. The molecule has 0 radical (unpaired) electrons. The third-order valence-electron chi connectivity index (χ3n) is 4.15. The van der Waals surface area contributed by atoms with Crippen LogP contribution in [-0.4, -0.2) is 23.5 Å². The van der Waals surface area contributed by atoms with Crippen LogP contribution in [0.2, 0.25) is 0 Å². The summed E-state index contributed by atoms with van der Waals surface area (Å²) in [4.78, 5) is 23.1. The first-order valence-electron chi connectivity index (χ1n) is 6.62. The number of aliphatic carboxylic acids is 1. The molecule has 2 aliphatic rings.